The van der Waals surface area contributed by atoms with Gasteiger partial charge in [0.25, 0.3) is 5.91 Å². The molecule has 0 saturated heterocycles. The fourth-order valence-corrected chi connectivity index (χ4v) is 5.01. The number of amides is 3. The number of pyridine rings is 1. The molecule has 216 valence electrons. The third-order valence-electron chi connectivity index (χ3n) is 7.70. The number of hydrogen-bond acceptors (Lipinski definition) is 6. The number of benzene rings is 1. The van der Waals surface area contributed by atoms with Crippen LogP contribution in [0.25, 0.3) is 0 Å². The number of nitrogens with zero attached hydrogens (tertiary/aromatic N) is 1. The minimum absolute atomic E-state index is 0.00536. The first-order valence-corrected chi connectivity index (χ1v) is 13.7. The number of aliphatic hydroxyl groups is 1. The molecule has 2 aliphatic rings. The summed E-state index contributed by atoms with van der Waals surface area (Å²) in [6.07, 6.45) is 0.931. The summed E-state index contributed by atoms with van der Waals surface area (Å²) in [5.41, 5.74) is 0.178. The summed E-state index contributed by atoms with van der Waals surface area (Å²) >= 11 is 0. The van der Waals surface area contributed by atoms with Gasteiger partial charge in [-0.2, -0.15) is 0 Å². The molecule has 3 amide bonds. The highest BCUT2D eigenvalue weighted by molar-refractivity contribution is 5.92. The Morgan fingerprint density at radius 2 is 1.73 bits per heavy atom. The largest absolute Gasteiger partial charge is 0.449 e. The van der Waals surface area contributed by atoms with E-state index in [1.165, 1.54) is 0 Å². The van der Waals surface area contributed by atoms with Gasteiger partial charge in [-0.3, -0.25) is 14.6 Å². The molecule has 2 saturated carbocycles. The van der Waals surface area contributed by atoms with Crippen molar-refractivity contribution in [1.82, 2.24) is 20.9 Å². The maximum Gasteiger partial charge on any atom is 0.408 e. The maximum atomic E-state index is 13.4. The van der Waals surface area contributed by atoms with E-state index in [1.807, 2.05) is 30.3 Å². The van der Waals surface area contributed by atoms with Gasteiger partial charge in [-0.05, 0) is 62.1 Å². The van der Waals surface area contributed by atoms with Crippen LogP contribution in [0, 0.1) is 5.92 Å². The summed E-state index contributed by atoms with van der Waals surface area (Å²) in [6.45, 7) is 0.115. The first kappa shape index (κ1) is 29.4. The van der Waals surface area contributed by atoms with Crippen molar-refractivity contribution in [3.63, 3.8) is 0 Å². The molecule has 1 aromatic carbocycles. The fourth-order valence-electron chi connectivity index (χ4n) is 5.01. The van der Waals surface area contributed by atoms with Crippen LogP contribution in [0.1, 0.15) is 56.2 Å². The Labute approximate surface area is 232 Å². The third kappa shape index (κ3) is 7.97. The first-order chi connectivity index (χ1) is 19.2. The SMILES string of the molecule is O=C(NC1(C(=O)N[C@H](Cc2ccccc2)[C@H](O)C(=O)NCc2ccccn2)CCC1)OCC1CCC(F)(F)CC1. The lowest BCUT2D eigenvalue weighted by Crippen LogP contribution is -2.66. The predicted octanol–water partition coefficient (Wildman–Crippen LogP) is 3.26. The number of nitrogens with one attached hydrogen (secondary N) is 3. The van der Waals surface area contributed by atoms with E-state index >= 15 is 0 Å². The molecule has 1 aromatic heterocycles. The number of aliphatic hydroxyl groups excluding tert-OH is 1. The quantitative estimate of drug-likeness (QED) is 0.335. The molecule has 40 heavy (non-hydrogen) atoms. The van der Waals surface area contributed by atoms with Gasteiger partial charge in [0.15, 0.2) is 6.10 Å². The number of carbonyl (C=O) groups excluding carboxylic acids is 3. The summed E-state index contributed by atoms with van der Waals surface area (Å²) in [7, 11) is 0. The molecule has 4 rings (SSSR count). The van der Waals surface area contributed by atoms with Gasteiger partial charge in [-0.15, -0.1) is 0 Å². The van der Waals surface area contributed by atoms with Crippen LogP contribution in [0.15, 0.2) is 54.7 Å². The summed E-state index contributed by atoms with van der Waals surface area (Å²) in [5, 5.41) is 19.1. The Hall–Kier alpha value is -3.60. The molecule has 0 radical (unpaired) electrons. The number of alkyl halides is 2. The standard InChI is InChI=1S/C29H36F2N4O5/c30-29(31)14-10-21(11-15-29)19-40-27(39)35-28(12-6-13-28)26(38)34-23(17-20-7-2-1-3-8-20)24(36)25(37)33-18-22-9-4-5-16-32-22/h1-5,7-9,16,21,23-24,36H,6,10-15,17-19H2,(H,33,37)(H,34,38)(H,35,39)/t23-,24+/m1/s1. The maximum absolute atomic E-state index is 13.4. The lowest BCUT2D eigenvalue weighted by molar-refractivity contribution is -0.136. The van der Waals surface area contributed by atoms with Crippen LogP contribution in [0.4, 0.5) is 13.6 Å². The number of halogens is 2. The highest BCUT2D eigenvalue weighted by Crippen LogP contribution is 2.36. The molecular weight excluding hydrogens is 522 g/mol. The van der Waals surface area contributed by atoms with E-state index in [0.717, 1.165) is 5.56 Å². The van der Waals surface area contributed by atoms with Crippen LogP contribution >= 0.6 is 0 Å². The Balaban J connectivity index is 1.36. The number of rotatable bonds is 11. The van der Waals surface area contributed by atoms with Gasteiger partial charge >= 0.3 is 6.09 Å². The van der Waals surface area contributed by atoms with Gasteiger partial charge in [-0.25, -0.2) is 13.6 Å². The molecule has 2 atom stereocenters. The number of hydrogen-bond donors (Lipinski definition) is 4. The smallest absolute Gasteiger partial charge is 0.408 e. The zero-order valence-electron chi connectivity index (χ0n) is 22.3. The second-order valence-electron chi connectivity index (χ2n) is 10.7. The Kier molecular flexibility index (Phi) is 9.67. The molecule has 0 bridgehead atoms. The molecule has 4 N–H and O–H groups in total. The topological polar surface area (TPSA) is 130 Å². The summed E-state index contributed by atoms with van der Waals surface area (Å²) in [4.78, 5) is 43.0. The van der Waals surface area contributed by atoms with Crippen molar-refractivity contribution in [1.29, 1.82) is 0 Å². The van der Waals surface area contributed by atoms with Crippen molar-refractivity contribution in [2.24, 2.45) is 5.92 Å². The van der Waals surface area contributed by atoms with Crippen molar-refractivity contribution in [2.75, 3.05) is 6.61 Å². The average molecular weight is 559 g/mol. The van der Waals surface area contributed by atoms with E-state index in [-0.39, 0.29) is 51.2 Å². The van der Waals surface area contributed by atoms with E-state index in [4.69, 9.17) is 4.74 Å². The third-order valence-corrected chi connectivity index (χ3v) is 7.70. The molecule has 0 aliphatic heterocycles. The predicted molar refractivity (Wildman–Crippen MR) is 142 cm³/mol. The zero-order chi connectivity index (χ0) is 28.6. The average Bonchev–Trinajstić information content (AvgIpc) is 2.93. The van der Waals surface area contributed by atoms with Crippen LogP contribution in [0.2, 0.25) is 0 Å². The normalized spacial score (nSPS) is 19.4. The highest BCUT2D eigenvalue weighted by atomic mass is 19.3. The van der Waals surface area contributed by atoms with Gasteiger partial charge in [0.2, 0.25) is 11.8 Å². The summed E-state index contributed by atoms with van der Waals surface area (Å²) in [6, 6.07) is 13.4. The lowest BCUT2D eigenvalue weighted by Gasteiger charge is -2.41. The van der Waals surface area contributed by atoms with Crippen LogP contribution < -0.4 is 16.0 Å². The van der Waals surface area contributed by atoms with Crippen LogP contribution in [0.3, 0.4) is 0 Å². The molecular formula is C29H36F2N4O5. The summed E-state index contributed by atoms with van der Waals surface area (Å²) in [5.74, 6) is -4.00. The number of alkyl carbamates (subject to hydrolysis) is 1. The molecule has 9 nitrogen and oxygen atoms in total. The van der Waals surface area contributed by atoms with E-state index in [9.17, 15) is 28.3 Å². The molecule has 1 heterocycles. The van der Waals surface area contributed by atoms with Crippen molar-refractivity contribution < 1.29 is 33.0 Å². The lowest BCUT2D eigenvalue weighted by atomic mass is 9.75. The fraction of sp³-hybridized carbons (Fsp3) is 0.517. The van der Waals surface area contributed by atoms with Crippen LogP contribution in [-0.4, -0.2) is 58.2 Å². The van der Waals surface area contributed by atoms with Crippen LogP contribution in [-0.2, 0) is 27.3 Å². The molecule has 2 fully saturated rings. The molecule has 2 aromatic rings. The second-order valence-corrected chi connectivity index (χ2v) is 10.7. The number of aromatic nitrogens is 1. The highest BCUT2D eigenvalue weighted by Gasteiger charge is 2.47. The van der Waals surface area contributed by atoms with Gasteiger partial charge in [0.1, 0.15) is 5.54 Å². The Morgan fingerprint density at radius 3 is 2.35 bits per heavy atom. The monoisotopic (exact) mass is 558 g/mol. The zero-order valence-corrected chi connectivity index (χ0v) is 22.3. The van der Waals surface area contributed by atoms with Gasteiger partial charge < -0.3 is 25.8 Å². The first-order valence-electron chi connectivity index (χ1n) is 13.7. The Morgan fingerprint density at radius 1 is 1.02 bits per heavy atom. The van der Waals surface area contributed by atoms with Gasteiger partial charge in [0, 0.05) is 19.0 Å². The van der Waals surface area contributed by atoms with Crippen LogP contribution in [0.5, 0.6) is 0 Å². The number of ether oxygens (including phenoxy) is 1. The van der Waals surface area contributed by atoms with Crippen molar-refractivity contribution >= 4 is 17.9 Å². The van der Waals surface area contributed by atoms with E-state index < -0.39 is 41.5 Å². The summed E-state index contributed by atoms with van der Waals surface area (Å²) < 4.78 is 32.1. The Bertz CT molecular complexity index is 1140. The van der Waals surface area contributed by atoms with E-state index in [0.29, 0.717) is 25.0 Å². The van der Waals surface area contributed by atoms with Gasteiger partial charge in [-0.1, -0.05) is 36.4 Å². The van der Waals surface area contributed by atoms with E-state index in [2.05, 4.69) is 20.9 Å². The minimum Gasteiger partial charge on any atom is -0.449 e. The van der Waals surface area contributed by atoms with Crippen molar-refractivity contribution in [2.45, 2.75) is 81.5 Å². The van der Waals surface area contributed by atoms with Crippen molar-refractivity contribution in [3.05, 3.63) is 66.0 Å². The second kappa shape index (κ2) is 13.2. The molecule has 0 unspecified atom stereocenters. The molecule has 0 spiro atoms. The number of carbonyl (C=O) groups is 3. The van der Waals surface area contributed by atoms with Crippen molar-refractivity contribution in [3.8, 4) is 0 Å². The van der Waals surface area contributed by atoms with Gasteiger partial charge in [0.05, 0.1) is 24.9 Å². The minimum atomic E-state index is -2.66. The van der Waals surface area contributed by atoms with E-state index in [1.54, 1.807) is 24.4 Å². The molecule has 2 aliphatic carbocycles. The molecule has 11 heteroatoms.